The van der Waals surface area contributed by atoms with Gasteiger partial charge in [-0.25, -0.2) is 0 Å². The smallest absolute Gasteiger partial charge is 0.244 e. The number of ether oxygens (including phenoxy) is 3. The predicted octanol–water partition coefficient (Wildman–Crippen LogP) is 4.76. The summed E-state index contributed by atoms with van der Waals surface area (Å²) in [5, 5.41) is 4.32. The minimum Gasteiger partial charge on any atom is -0.493 e. The lowest BCUT2D eigenvalue weighted by Gasteiger charge is -2.31. The van der Waals surface area contributed by atoms with Crippen LogP contribution in [0, 0.1) is 0 Å². The number of methoxy groups -OCH3 is 3. The van der Waals surface area contributed by atoms with Gasteiger partial charge in [-0.05, 0) is 61.2 Å². The van der Waals surface area contributed by atoms with Crippen molar-refractivity contribution in [2.75, 3.05) is 47.5 Å². The summed E-state index contributed by atoms with van der Waals surface area (Å²) in [6, 6.07) is 12.2. The van der Waals surface area contributed by atoms with Crippen LogP contribution in [0.3, 0.4) is 0 Å². The standard InChI is InChI=1S/C29H35N3O4/c1-34-26-18-21(19-27(35-2)29(26)36-3)8-4-7-11-28(33)30-14-17-32-15-12-22(13-16-32)24-20-31-25-10-6-5-9-23(24)25/h4-11,18-20,22,31H,12-17H2,1-3H3,(H,30,33). The number of carbonyl (C=O) groups is 1. The van der Waals surface area contributed by atoms with Crippen LogP contribution >= 0.6 is 0 Å². The van der Waals surface area contributed by atoms with Gasteiger partial charge in [0.15, 0.2) is 11.5 Å². The Morgan fingerprint density at radius 3 is 2.47 bits per heavy atom. The number of H-pyrrole nitrogens is 1. The maximum absolute atomic E-state index is 12.2. The quantitative estimate of drug-likeness (QED) is 0.317. The molecule has 0 spiro atoms. The molecule has 0 bridgehead atoms. The van der Waals surface area contributed by atoms with Crippen LogP contribution in [0.25, 0.3) is 17.0 Å². The lowest BCUT2D eigenvalue weighted by atomic mass is 9.89. The summed E-state index contributed by atoms with van der Waals surface area (Å²) in [5.41, 5.74) is 3.53. The minimum absolute atomic E-state index is 0.0989. The van der Waals surface area contributed by atoms with E-state index in [2.05, 4.69) is 45.7 Å². The van der Waals surface area contributed by atoms with Gasteiger partial charge in [0.25, 0.3) is 0 Å². The first kappa shape index (κ1) is 25.4. The highest BCUT2D eigenvalue weighted by Gasteiger charge is 2.22. The Bertz CT molecular complexity index is 1200. The molecule has 1 aliphatic rings. The summed E-state index contributed by atoms with van der Waals surface area (Å²) >= 11 is 0. The van der Waals surface area contributed by atoms with E-state index in [-0.39, 0.29) is 5.91 Å². The number of carbonyl (C=O) groups excluding carboxylic acids is 1. The van der Waals surface area contributed by atoms with Gasteiger partial charge in [0.2, 0.25) is 11.7 Å². The van der Waals surface area contributed by atoms with E-state index >= 15 is 0 Å². The molecule has 0 unspecified atom stereocenters. The first-order valence-corrected chi connectivity index (χ1v) is 12.3. The summed E-state index contributed by atoms with van der Waals surface area (Å²) in [6.07, 6.45) is 11.4. The predicted molar refractivity (Wildman–Crippen MR) is 144 cm³/mol. The number of benzene rings is 2. The van der Waals surface area contributed by atoms with Crippen LogP contribution in [0.4, 0.5) is 0 Å². The zero-order valence-corrected chi connectivity index (χ0v) is 21.3. The van der Waals surface area contributed by atoms with Crippen LogP contribution in [0.2, 0.25) is 0 Å². The second-order valence-corrected chi connectivity index (χ2v) is 8.87. The monoisotopic (exact) mass is 489 g/mol. The second-order valence-electron chi connectivity index (χ2n) is 8.87. The highest BCUT2D eigenvalue weighted by Crippen LogP contribution is 2.38. The molecule has 2 N–H and O–H groups in total. The van der Waals surface area contributed by atoms with Gasteiger partial charge in [0, 0.05) is 36.3 Å². The van der Waals surface area contributed by atoms with Crippen molar-refractivity contribution >= 4 is 22.9 Å². The van der Waals surface area contributed by atoms with Gasteiger partial charge in [-0.1, -0.05) is 36.4 Å². The number of rotatable bonds is 10. The summed E-state index contributed by atoms with van der Waals surface area (Å²) in [4.78, 5) is 18.0. The number of nitrogens with zero attached hydrogens (tertiary/aromatic N) is 1. The number of fused-ring (bicyclic) bond motifs is 1. The Balaban J connectivity index is 1.20. The Morgan fingerprint density at radius 2 is 1.78 bits per heavy atom. The van der Waals surface area contributed by atoms with E-state index in [1.165, 1.54) is 22.5 Å². The summed E-state index contributed by atoms with van der Waals surface area (Å²) in [6.45, 7) is 3.60. The van der Waals surface area contributed by atoms with Crippen LogP contribution in [-0.4, -0.2) is 63.3 Å². The number of aromatic nitrogens is 1. The van der Waals surface area contributed by atoms with E-state index in [4.69, 9.17) is 14.2 Å². The molecule has 1 fully saturated rings. The van der Waals surface area contributed by atoms with E-state index < -0.39 is 0 Å². The van der Waals surface area contributed by atoms with Crippen LogP contribution < -0.4 is 19.5 Å². The molecule has 0 saturated carbocycles. The molecule has 2 heterocycles. The van der Waals surface area contributed by atoms with Crippen molar-refractivity contribution < 1.29 is 19.0 Å². The van der Waals surface area contributed by atoms with E-state index in [9.17, 15) is 4.79 Å². The van der Waals surface area contributed by atoms with Crippen molar-refractivity contribution in [1.82, 2.24) is 15.2 Å². The third-order valence-electron chi connectivity index (χ3n) is 6.71. The highest BCUT2D eigenvalue weighted by atomic mass is 16.5. The fraction of sp³-hybridized carbons (Fsp3) is 0.345. The molecule has 7 heteroatoms. The number of allylic oxidation sites excluding steroid dienone is 2. The average Bonchev–Trinajstić information content (AvgIpc) is 3.35. The molecule has 190 valence electrons. The van der Waals surface area contributed by atoms with Crippen molar-refractivity contribution in [3.63, 3.8) is 0 Å². The van der Waals surface area contributed by atoms with Gasteiger partial charge in [-0.15, -0.1) is 0 Å². The average molecular weight is 490 g/mol. The van der Waals surface area contributed by atoms with Crippen LogP contribution in [0.15, 0.2) is 60.8 Å². The first-order chi connectivity index (χ1) is 17.6. The van der Waals surface area contributed by atoms with Gasteiger partial charge in [0.1, 0.15) is 0 Å². The molecular formula is C29H35N3O4. The van der Waals surface area contributed by atoms with Gasteiger partial charge in [-0.3, -0.25) is 4.79 Å². The number of hydrogen-bond acceptors (Lipinski definition) is 5. The minimum atomic E-state index is -0.0989. The Morgan fingerprint density at radius 1 is 1.06 bits per heavy atom. The lowest BCUT2D eigenvalue weighted by Crippen LogP contribution is -2.38. The molecule has 2 aromatic carbocycles. The van der Waals surface area contributed by atoms with E-state index in [0.717, 1.165) is 38.0 Å². The molecule has 4 rings (SSSR count). The van der Waals surface area contributed by atoms with Gasteiger partial charge < -0.3 is 29.4 Å². The molecule has 36 heavy (non-hydrogen) atoms. The third kappa shape index (κ3) is 6.10. The van der Waals surface area contributed by atoms with Gasteiger partial charge >= 0.3 is 0 Å². The maximum atomic E-state index is 12.2. The molecule has 0 atom stereocenters. The largest absolute Gasteiger partial charge is 0.493 e. The zero-order valence-electron chi connectivity index (χ0n) is 21.3. The van der Waals surface area contributed by atoms with Gasteiger partial charge in [0.05, 0.1) is 21.3 Å². The molecule has 1 aromatic heterocycles. The van der Waals surface area contributed by atoms with E-state index in [1.807, 2.05) is 24.3 Å². The Labute approximate surface area is 212 Å². The molecular weight excluding hydrogens is 454 g/mol. The molecule has 1 amide bonds. The number of nitrogens with one attached hydrogen (secondary N) is 2. The summed E-state index contributed by atoms with van der Waals surface area (Å²) in [7, 11) is 4.74. The fourth-order valence-electron chi connectivity index (χ4n) is 4.80. The normalized spacial score (nSPS) is 15.1. The van der Waals surface area contributed by atoms with E-state index in [1.54, 1.807) is 27.4 Å². The number of amides is 1. The van der Waals surface area contributed by atoms with Crippen LogP contribution in [-0.2, 0) is 4.79 Å². The molecule has 1 aliphatic heterocycles. The highest BCUT2D eigenvalue weighted by molar-refractivity contribution is 5.88. The van der Waals surface area contributed by atoms with Crippen LogP contribution in [0.5, 0.6) is 17.2 Å². The summed E-state index contributed by atoms with van der Waals surface area (Å²) < 4.78 is 16.1. The number of aromatic amines is 1. The van der Waals surface area contributed by atoms with Crippen molar-refractivity contribution in [3.05, 3.63) is 72.0 Å². The van der Waals surface area contributed by atoms with Crippen molar-refractivity contribution in [2.24, 2.45) is 0 Å². The number of para-hydroxylation sites is 1. The summed E-state index contributed by atoms with van der Waals surface area (Å²) in [5.74, 6) is 2.22. The molecule has 7 nitrogen and oxygen atoms in total. The molecule has 3 aromatic rings. The first-order valence-electron chi connectivity index (χ1n) is 12.3. The number of piperidine rings is 1. The maximum Gasteiger partial charge on any atom is 0.244 e. The topological polar surface area (TPSA) is 75.8 Å². The third-order valence-corrected chi connectivity index (χ3v) is 6.71. The van der Waals surface area contributed by atoms with Crippen molar-refractivity contribution in [3.8, 4) is 17.2 Å². The SMILES string of the molecule is COc1cc(C=CC=CC(=O)NCCN2CCC(c3c[nH]c4ccccc34)CC2)cc(OC)c1OC. The fourth-order valence-corrected chi connectivity index (χ4v) is 4.80. The molecule has 0 radical (unpaired) electrons. The molecule has 1 saturated heterocycles. The lowest BCUT2D eigenvalue weighted by molar-refractivity contribution is -0.116. The van der Waals surface area contributed by atoms with Crippen LogP contribution in [0.1, 0.15) is 29.9 Å². The number of hydrogen-bond donors (Lipinski definition) is 2. The van der Waals surface area contributed by atoms with Crippen molar-refractivity contribution in [1.29, 1.82) is 0 Å². The second kappa shape index (κ2) is 12.3. The van der Waals surface area contributed by atoms with E-state index in [0.29, 0.717) is 29.7 Å². The van der Waals surface area contributed by atoms with Crippen molar-refractivity contribution in [2.45, 2.75) is 18.8 Å². The Kier molecular flexibility index (Phi) is 8.68. The molecule has 0 aliphatic carbocycles. The van der Waals surface area contributed by atoms with Gasteiger partial charge in [-0.2, -0.15) is 0 Å². The Hall–Kier alpha value is -3.71. The number of likely N-dealkylation sites (tertiary alicyclic amines) is 1. The zero-order chi connectivity index (χ0) is 25.3.